The summed E-state index contributed by atoms with van der Waals surface area (Å²) < 4.78 is 0. The first-order valence-corrected chi connectivity index (χ1v) is 6.22. The Morgan fingerprint density at radius 1 is 1.22 bits per heavy atom. The van der Waals surface area contributed by atoms with Crippen molar-refractivity contribution in [3.63, 3.8) is 0 Å². The summed E-state index contributed by atoms with van der Waals surface area (Å²) in [6.45, 7) is 2.74. The summed E-state index contributed by atoms with van der Waals surface area (Å²) in [7, 11) is 0. The molecule has 2 rings (SSSR count). The molecule has 0 aliphatic rings. The van der Waals surface area contributed by atoms with Crippen LogP contribution in [0.25, 0.3) is 11.0 Å². The van der Waals surface area contributed by atoms with E-state index in [0.717, 1.165) is 6.42 Å². The summed E-state index contributed by atoms with van der Waals surface area (Å²) in [5.41, 5.74) is 1.17. The van der Waals surface area contributed by atoms with E-state index in [9.17, 15) is 0 Å². The fraction of sp³-hybridized carbons (Fsp3) is 0.250. The Balaban J connectivity index is 2.66. The van der Waals surface area contributed by atoms with Gasteiger partial charge in [-0.25, -0.2) is 9.97 Å². The normalized spacial score (nSPS) is 10.3. The Bertz CT molecular complexity index is 634. The van der Waals surface area contributed by atoms with Crippen LogP contribution in [0, 0.1) is 11.3 Å². The average molecular weight is 281 g/mol. The fourth-order valence-corrected chi connectivity index (χ4v) is 1.91. The summed E-state index contributed by atoms with van der Waals surface area (Å²) in [4.78, 5) is 8.54. The molecule has 1 N–H and O–H groups in total. The van der Waals surface area contributed by atoms with Crippen molar-refractivity contribution in [3.8, 4) is 6.07 Å². The number of nitriles is 1. The number of nitrogens with one attached hydrogen (secondary N) is 1. The van der Waals surface area contributed by atoms with Gasteiger partial charge in [-0.1, -0.05) is 30.1 Å². The molecule has 1 aromatic heterocycles. The Kier molecular flexibility index (Phi) is 3.85. The van der Waals surface area contributed by atoms with Crippen molar-refractivity contribution in [2.75, 3.05) is 11.9 Å². The van der Waals surface area contributed by atoms with E-state index in [1.165, 1.54) is 0 Å². The van der Waals surface area contributed by atoms with Gasteiger partial charge < -0.3 is 5.32 Å². The van der Waals surface area contributed by atoms with Crippen molar-refractivity contribution < 1.29 is 0 Å². The van der Waals surface area contributed by atoms with Crippen LogP contribution in [-0.2, 0) is 0 Å². The van der Waals surface area contributed by atoms with E-state index in [4.69, 9.17) is 28.5 Å². The van der Waals surface area contributed by atoms with Crippen molar-refractivity contribution in [1.82, 2.24) is 9.97 Å². The maximum atomic E-state index is 9.07. The third kappa shape index (κ3) is 2.33. The molecular weight excluding hydrogens is 271 g/mol. The van der Waals surface area contributed by atoms with E-state index in [0.29, 0.717) is 33.4 Å². The van der Waals surface area contributed by atoms with Gasteiger partial charge in [0.25, 0.3) is 0 Å². The topological polar surface area (TPSA) is 61.6 Å². The van der Waals surface area contributed by atoms with Gasteiger partial charge in [-0.2, -0.15) is 5.26 Å². The molecule has 0 spiro atoms. The van der Waals surface area contributed by atoms with Gasteiger partial charge in [0.1, 0.15) is 17.1 Å². The number of aromatic nitrogens is 2. The molecule has 1 heterocycles. The van der Waals surface area contributed by atoms with Gasteiger partial charge in [-0.3, -0.25) is 0 Å². The predicted molar refractivity (Wildman–Crippen MR) is 73.1 cm³/mol. The third-order valence-corrected chi connectivity index (χ3v) is 2.98. The first kappa shape index (κ1) is 12.9. The minimum atomic E-state index is 0.222. The van der Waals surface area contributed by atoms with Crippen LogP contribution in [0.5, 0.6) is 0 Å². The lowest BCUT2D eigenvalue weighted by Crippen LogP contribution is -2.06. The van der Waals surface area contributed by atoms with Crippen LogP contribution >= 0.6 is 23.2 Å². The Morgan fingerprint density at radius 2 is 1.83 bits per heavy atom. The zero-order valence-corrected chi connectivity index (χ0v) is 11.2. The summed E-state index contributed by atoms with van der Waals surface area (Å²) in [5.74, 6) is 0.441. The Hall–Kier alpha value is -1.57. The average Bonchev–Trinajstić information content (AvgIpc) is 2.40. The quantitative estimate of drug-likeness (QED) is 0.933. The van der Waals surface area contributed by atoms with Gasteiger partial charge in [0.05, 0.1) is 10.0 Å². The van der Waals surface area contributed by atoms with Gasteiger partial charge in [-0.05, 0) is 18.6 Å². The van der Waals surface area contributed by atoms with Crippen molar-refractivity contribution in [1.29, 1.82) is 5.26 Å². The molecule has 4 nitrogen and oxygen atoms in total. The summed E-state index contributed by atoms with van der Waals surface area (Å²) in [6, 6.07) is 5.31. The van der Waals surface area contributed by atoms with Crippen LogP contribution in [0.15, 0.2) is 12.1 Å². The highest BCUT2D eigenvalue weighted by Gasteiger charge is 2.12. The van der Waals surface area contributed by atoms with E-state index >= 15 is 0 Å². The summed E-state index contributed by atoms with van der Waals surface area (Å²) in [5, 5.41) is 13.0. The van der Waals surface area contributed by atoms with Crippen LogP contribution in [0.3, 0.4) is 0 Å². The summed E-state index contributed by atoms with van der Waals surface area (Å²) in [6.07, 6.45) is 0.924. The largest absolute Gasteiger partial charge is 0.368 e. The van der Waals surface area contributed by atoms with E-state index in [-0.39, 0.29) is 5.69 Å². The van der Waals surface area contributed by atoms with E-state index in [1.54, 1.807) is 12.1 Å². The lowest BCUT2D eigenvalue weighted by atomic mass is 10.2. The van der Waals surface area contributed by atoms with Crippen molar-refractivity contribution in [2.45, 2.75) is 13.3 Å². The molecule has 0 atom stereocenters. The molecule has 1 aromatic carbocycles. The van der Waals surface area contributed by atoms with Gasteiger partial charge >= 0.3 is 0 Å². The van der Waals surface area contributed by atoms with Gasteiger partial charge in [0.15, 0.2) is 11.5 Å². The lowest BCUT2D eigenvalue weighted by molar-refractivity contribution is 0.967. The van der Waals surface area contributed by atoms with Gasteiger partial charge in [-0.15, -0.1) is 0 Å². The number of benzene rings is 1. The molecule has 0 amide bonds. The van der Waals surface area contributed by atoms with Gasteiger partial charge in [0, 0.05) is 6.54 Å². The maximum Gasteiger partial charge on any atom is 0.183 e. The molecule has 92 valence electrons. The molecule has 0 aliphatic carbocycles. The molecule has 0 bridgehead atoms. The number of fused-ring (bicyclic) bond motifs is 1. The molecule has 0 aliphatic heterocycles. The molecule has 18 heavy (non-hydrogen) atoms. The minimum Gasteiger partial charge on any atom is -0.368 e. The molecule has 0 unspecified atom stereocenters. The van der Waals surface area contributed by atoms with Crippen LogP contribution in [0.4, 0.5) is 5.82 Å². The second-order valence-corrected chi connectivity index (χ2v) is 4.50. The number of hydrogen-bond donors (Lipinski definition) is 1. The van der Waals surface area contributed by atoms with E-state index in [2.05, 4.69) is 15.3 Å². The van der Waals surface area contributed by atoms with E-state index in [1.807, 2.05) is 13.0 Å². The zero-order chi connectivity index (χ0) is 13.1. The molecular formula is C12H10Cl2N4. The highest BCUT2D eigenvalue weighted by Crippen LogP contribution is 2.28. The summed E-state index contributed by atoms with van der Waals surface area (Å²) >= 11 is 12.1. The van der Waals surface area contributed by atoms with Crippen LogP contribution < -0.4 is 5.32 Å². The molecule has 0 radical (unpaired) electrons. The second-order valence-electron chi connectivity index (χ2n) is 3.69. The first-order valence-electron chi connectivity index (χ1n) is 5.47. The van der Waals surface area contributed by atoms with Crippen LogP contribution in [0.2, 0.25) is 10.0 Å². The van der Waals surface area contributed by atoms with Crippen LogP contribution in [0.1, 0.15) is 19.0 Å². The first-order chi connectivity index (χ1) is 8.67. The number of hydrogen-bond acceptors (Lipinski definition) is 4. The molecule has 2 aromatic rings. The number of anilines is 1. The maximum absolute atomic E-state index is 9.07. The molecule has 0 saturated heterocycles. The fourth-order valence-electron chi connectivity index (χ4n) is 1.52. The van der Waals surface area contributed by atoms with E-state index < -0.39 is 0 Å². The minimum absolute atomic E-state index is 0.222. The molecule has 0 fully saturated rings. The number of nitrogens with zero attached hydrogens (tertiary/aromatic N) is 3. The highest BCUT2D eigenvalue weighted by atomic mass is 35.5. The lowest BCUT2D eigenvalue weighted by Gasteiger charge is -2.08. The Labute approximate surface area is 115 Å². The number of rotatable bonds is 3. The predicted octanol–water partition coefficient (Wildman–Crippen LogP) is 3.63. The van der Waals surface area contributed by atoms with Gasteiger partial charge in [0.2, 0.25) is 0 Å². The van der Waals surface area contributed by atoms with Crippen molar-refractivity contribution in [3.05, 3.63) is 27.9 Å². The smallest absolute Gasteiger partial charge is 0.183 e. The Morgan fingerprint density at radius 3 is 2.39 bits per heavy atom. The van der Waals surface area contributed by atoms with Crippen molar-refractivity contribution in [2.24, 2.45) is 0 Å². The highest BCUT2D eigenvalue weighted by molar-refractivity contribution is 6.39. The standard InChI is InChI=1S/C12H10Cl2N4/c1-2-5-16-12-9(6-15)17-10-7(13)3-4-8(14)11(10)18-12/h3-4H,2,5H2,1H3,(H,16,18). The third-order valence-electron chi connectivity index (χ3n) is 2.37. The molecule has 6 heteroatoms. The monoisotopic (exact) mass is 280 g/mol. The zero-order valence-electron chi connectivity index (χ0n) is 9.67. The molecule has 0 saturated carbocycles. The second kappa shape index (κ2) is 5.38. The van der Waals surface area contributed by atoms with Crippen molar-refractivity contribution >= 4 is 40.1 Å². The SMILES string of the molecule is CCCNc1nc2c(Cl)ccc(Cl)c2nc1C#N. The van der Waals surface area contributed by atoms with Crippen LogP contribution in [-0.4, -0.2) is 16.5 Å². The number of halogens is 2.